The van der Waals surface area contributed by atoms with Crippen LogP contribution in [0.2, 0.25) is 0 Å². The number of carboxylic acids is 1. The van der Waals surface area contributed by atoms with Gasteiger partial charge in [-0.25, -0.2) is 4.79 Å². The Morgan fingerprint density at radius 2 is 2.00 bits per heavy atom. The van der Waals surface area contributed by atoms with Gasteiger partial charge in [-0.1, -0.05) is 12.1 Å². The summed E-state index contributed by atoms with van der Waals surface area (Å²) < 4.78 is 0.746. The molecular weight excluding hydrogens is 337 g/mol. The summed E-state index contributed by atoms with van der Waals surface area (Å²) in [5.74, 6) is -1.60. The van der Waals surface area contributed by atoms with Crippen LogP contribution < -0.4 is 5.32 Å². The molecule has 0 fully saturated rings. The van der Waals surface area contributed by atoms with Crippen molar-refractivity contribution < 1.29 is 19.8 Å². The van der Waals surface area contributed by atoms with Crippen molar-refractivity contribution in [3.05, 3.63) is 33.4 Å². The topological polar surface area (TPSA) is 86.6 Å². The standard InChI is InChI=1S/C11H12INO4/c12-8-4-2-1-3-7(8)10(15)13-9(5-6-14)11(16)17/h1-4,9,14H,5-6H2,(H,13,15)(H,16,17). The van der Waals surface area contributed by atoms with Crippen LogP contribution in [0, 0.1) is 3.57 Å². The summed E-state index contributed by atoms with van der Waals surface area (Å²) in [6, 6.07) is 5.81. The summed E-state index contributed by atoms with van der Waals surface area (Å²) >= 11 is 2.00. The molecule has 0 saturated heterocycles. The van der Waals surface area contributed by atoms with Gasteiger partial charge in [-0.15, -0.1) is 0 Å². The van der Waals surface area contributed by atoms with Gasteiger partial charge in [0.15, 0.2) is 0 Å². The number of aliphatic carboxylic acids is 1. The van der Waals surface area contributed by atoms with E-state index in [1.807, 2.05) is 22.6 Å². The number of carboxylic acid groups (broad SMARTS) is 1. The van der Waals surface area contributed by atoms with Crippen molar-refractivity contribution in [3.8, 4) is 0 Å². The number of hydrogen-bond donors (Lipinski definition) is 3. The van der Waals surface area contributed by atoms with E-state index in [4.69, 9.17) is 10.2 Å². The Balaban J connectivity index is 2.77. The quantitative estimate of drug-likeness (QED) is 0.688. The number of halogens is 1. The van der Waals surface area contributed by atoms with E-state index in [-0.39, 0.29) is 13.0 Å². The van der Waals surface area contributed by atoms with Crippen molar-refractivity contribution in [2.24, 2.45) is 0 Å². The van der Waals surface area contributed by atoms with Crippen molar-refractivity contribution in [1.82, 2.24) is 5.32 Å². The van der Waals surface area contributed by atoms with E-state index in [9.17, 15) is 9.59 Å². The molecule has 1 rings (SSSR count). The van der Waals surface area contributed by atoms with Crippen LogP contribution in [0.4, 0.5) is 0 Å². The van der Waals surface area contributed by atoms with Gasteiger partial charge in [0.05, 0.1) is 5.56 Å². The number of rotatable bonds is 5. The van der Waals surface area contributed by atoms with E-state index >= 15 is 0 Å². The predicted molar refractivity (Wildman–Crippen MR) is 69.8 cm³/mol. The van der Waals surface area contributed by atoms with Gasteiger partial charge in [0.1, 0.15) is 6.04 Å². The highest BCUT2D eigenvalue weighted by Gasteiger charge is 2.20. The largest absolute Gasteiger partial charge is 0.480 e. The van der Waals surface area contributed by atoms with Gasteiger partial charge in [-0.3, -0.25) is 4.79 Å². The number of carbonyl (C=O) groups excluding carboxylic acids is 1. The van der Waals surface area contributed by atoms with E-state index in [2.05, 4.69) is 5.32 Å². The normalized spacial score (nSPS) is 11.9. The van der Waals surface area contributed by atoms with Crippen molar-refractivity contribution >= 4 is 34.5 Å². The highest BCUT2D eigenvalue weighted by Crippen LogP contribution is 2.11. The van der Waals surface area contributed by atoms with Gasteiger partial charge in [-0.05, 0) is 34.7 Å². The highest BCUT2D eigenvalue weighted by molar-refractivity contribution is 14.1. The zero-order valence-corrected chi connectivity index (χ0v) is 11.0. The van der Waals surface area contributed by atoms with Gasteiger partial charge >= 0.3 is 5.97 Å². The number of hydrogen-bond acceptors (Lipinski definition) is 3. The second kappa shape index (κ2) is 6.55. The molecule has 6 heteroatoms. The van der Waals surface area contributed by atoms with Gasteiger partial charge in [0.25, 0.3) is 5.91 Å². The van der Waals surface area contributed by atoms with Gasteiger partial charge < -0.3 is 15.5 Å². The number of aliphatic hydroxyl groups excluding tert-OH is 1. The molecule has 0 bridgehead atoms. The predicted octanol–water partition coefficient (Wildman–Crippen LogP) is 0.857. The van der Waals surface area contributed by atoms with E-state index < -0.39 is 17.9 Å². The summed E-state index contributed by atoms with van der Waals surface area (Å²) in [6.07, 6.45) is -0.00944. The van der Waals surface area contributed by atoms with Gasteiger partial charge in [0.2, 0.25) is 0 Å². The first kappa shape index (κ1) is 13.9. The fourth-order valence-electron chi connectivity index (χ4n) is 1.27. The molecule has 0 aliphatic carbocycles. The van der Waals surface area contributed by atoms with Crippen LogP contribution in [0.5, 0.6) is 0 Å². The van der Waals surface area contributed by atoms with E-state index in [1.54, 1.807) is 24.3 Å². The maximum atomic E-state index is 11.8. The molecule has 5 nitrogen and oxygen atoms in total. The maximum Gasteiger partial charge on any atom is 0.326 e. The Kier molecular flexibility index (Phi) is 5.36. The number of nitrogens with one attached hydrogen (secondary N) is 1. The molecule has 3 N–H and O–H groups in total. The zero-order chi connectivity index (χ0) is 12.8. The Hall–Kier alpha value is -1.15. The third-order valence-electron chi connectivity index (χ3n) is 2.14. The molecular formula is C11H12INO4. The molecule has 0 heterocycles. The third-order valence-corrected chi connectivity index (χ3v) is 3.08. The average molecular weight is 349 g/mol. The smallest absolute Gasteiger partial charge is 0.326 e. The lowest BCUT2D eigenvalue weighted by molar-refractivity contribution is -0.139. The first-order chi connectivity index (χ1) is 8.06. The fourth-order valence-corrected chi connectivity index (χ4v) is 1.90. The van der Waals surface area contributed by atoms with Crippen LogP contribution in [-0.4, -0.2) is 34.7 Å². The summed E-state index contributed by atoms with van der Waals surface area (Å²) in [6.45, 7) is -0.289. The zero-order valence-electron chi connectivity index (χ0n) is 8.89. The Morgan fingerprint density at radius 1 is 1.35 bits per heavy atom. The van der Waals surface area contributed by atoms with E-state index in [1.165, 1.54) is 0 Å². The lowest BCUT2D eigenvalue weighted by Gasteiger charge is -2.13. The van der Waals surface area contributed by atoms with Crippen LogP contribution in [0.25, 0.3) is 0 Å². The number of carbonyl (C=O) groups is 2. The first-order valence-corrected chi connectivity index (χ1v) is 6.03. The monoisotopic (exact) mass is 349 g/mol. The molecule has 1 aromatic rings. The minimum absolute atomic E-state index is 0.00944. The Morgan fingerprint density at radius 3 is 2.53 bits per heavy atom. The molecule has 0 aliphatic heterocycles. The maximum absolute atomic E-state index is 11.8. The molecule has 1 atom stereocenters. The molecule has 0 spiro atoms. The van der Waals surface area contributed by atoms with Crippen molar-refractivity contribution in [2.75, 3.05) is 6.61 Å². The van der Waals surface area contributed by atoms with E-state index in [0.717, 1.165) is 3.57 Å². The van der Waals surface area contributed by atoms with Crippen LogP contribution >= 0.6 is 22.6 Å². The minimum atomic E-state index is -1.15. The Bertz CT molecular complexity index is 422. The molecule has 1 aromatic carbocycles. The molecule has 17 heavy (non-hydrogen) atoms. The second-order valence-corrected chi connectivity index (χ2v) is 4.52. The molecule has 0 aromatic heterocycles. The highest BCUT2D eigenvalue weighted by atomic mass is 127. The third kappa shape index (κ3) is 3.97. The van der Waals surface area contributed by atoms with Crippen molar-refractivity contribution in [2.45, 2.75) is 12.5 Å². The van der Waals surface area contributed by atoms with Crippen molar-refractivity contribution in [1.29, 1.82) is 0 Å². The number of benzene rings is 1. The van der Waals surface area contributed by atoms with Crippen LogP contribution in [0.3, 0.4) is 0 Å². The summed E-state index contributed by atoms with van der Waals surface area (Å²) in [4.78, 5) is 22.6. The summed E-state index contributed by atoms with van der Waals surface area (Å²) in [5, 5.41) is 19.9. The molecule has 1 unspecified atom stereocenters. The number of aliphatic hydroxyl groups is 1. The average Bonchev–Trinajstić information content (AvgIpc) is 2.28. The molecule has 1 amide bonds. The summed E-state index contributed by atoms with van der Waals surface area (Å²) in [7, 11) is 0. The van der Waals surface area contributed by atoms with Crippen LogP contribution in [-0.2, 0) is 4.79 Å². The Labute approximate surface area is 112 Å². The minimum Gasteiger partial charge on any atom is -0.480 e. The number of amides is 1. The second-order valence-electron chi connectivity index (χ2n) is 3.36. The molecule has 92 valence electrons. The lowest BCUT2D eigenvalue weighted by Crippen LogP contribution is -2.41. The molecule has 0 aliphatic rings. The lowest BCUT2D eigenvalue weighted by atomic mass is 10.1. The molecule has 0 saturated carbocycles. The van der Waals surface area contributed by atoms with E-state index in [0.29, 0.717) is 5.56 Å². The molecule has 0 radical (unpaired) electrons. The van der Waals surface area contributed by atoms with Crippen LogP contribution in [0.1, 0.15) is 16.8 Å². The van der Waals surface area contributed by atoms with Gasteiger partial charge in [0, 0.05) is 16.6 Å². The van der Waals surface area contributed by atoms with Crippen molar-refractivity contribution in [3.63, 3.8) is 0 Å². The fraction of sp³-hybridized carbons (Fsp3) is 0.273. The summed E-state index contributed by atoms with van der Waals surface area (Å²) in [5.41, 5.74) is 0.428. The van der Waals surface area contributed by atoms with Gasteiger partial charge in [-0.2, -0.15) is 0 Å². The SMILES string of the molecule is O=C(NC(CCO)C(=O)O)c1ccccc1I. The first-order valence-electron chi connectivity index (χ1n) is 4.95. The van der Waals surface area contributed by atoms with Crippen LogP contribution in [0.15, 0.2) is 24.3 Å².